The van der Waals surface area contributed by atoms with Crippen LogP contribution in [0.4, 0.5) is 17.6 Å². The van der Waals surface area contributed by atoms with Crippen LogP contribution < -0.4 is 4.74 Å². The molecule has 0 N–H and O–H groups in total. The van der Waals surface area contributed by atoms with Gasteiger partial charge in [-0.05, 0) is 31.2 Å². The second-order valence-corrected chi connectivity index (χ2v) is 5.28. The van der Waals surface area contributed by atoms with E-state index < -0.39 is 17.7 Å². The van der Waals surface area contributed by atoms with E-state index >= 15 is 0 Å². The molecular weight excluding hydrogens is 340 g/mol. The number of hydrogen-bond acceptors (Lipinski definition) is 4. The predicted octanol–water partition coefficient (Wildman–Crippen LogP) is 4.14. The zero-order valence-electron chi connectivity index (χ0n) is 13.2. The SMILES string of the molecule is Cc1cnc(-c2ccc(F)cc2)nc1Oc1cc(C(F)(F)F)nn1C. The summed E-state index contributed by atoms with van der Waals surface area (Å²) in [6.45, 7) is 1.66. The second-order valence-electron chi connectivity index (χ2n) is 5.28. The molecule has 0 radical (unpaired) electrons. The van der Waals surface area contributed by atoms with Crippen molar-refractivity contribution in [1.29, 1.82) is 0 Å². The summed E-state index contributed by atoms with van der Waals surface area (Å²) in [5, 5.41) is 3.38. The van der Waals surface area contributed by atoms with Gasteiger partial charge < -0.3 is 4.74 Å². The molecule has 2 heterocycles. The topological polar surface area (TPSA) is 52.8 Å². The lowest BCUT2D eigenvalue weighted by Crippen LogP contribution is -2.06. The average Bonchev–Trinajstić information content (AvgIpc) is 2.92. The Bertz CT molecular complexity index is 903. The van der Waals surface area contributed by atoms with Crippen LogP contribution in [0, 0.1) is 12.7 Å². The standard InChI is InChI=1S/C16H12F4N4O/c1-9-8-21-14(10-3-5-11(17)6-4-10)22-15(9)25-13-7-12(16(18,19)20)23-24(13)2/h3-8H,1-2H3. The van der Waals surface area contributed by atoms with Gasteiger partial charge in [0.15, 0.2) is 11.5 Å². The molecule has 0 saturated carbocycles. The Kier molecular flexibility index (Phi) is 4.15. The van der Waals surface area contributed by atoms with Gasteiger partial charge in [0.1, 0.15) is 5.82 Å². The Morgan fingerprint density at radius 2 is 1.80 bits per heavy atom. The summed E-state index contributed by atoms with van der Waals surface area (Å²) in [6, 6.07) is 6.30. The number of alkyl halides is 3. The number of benzene rings is 1. The largest absolute Gasteiger partial charge is 0.435 e. The first-order valence-electron chi connectivity index (χ1n) is 7.13. The fourth-order valence-corrected chi connectivity index (χ4v) is 2.05. The van der Waals surface area contributed by atoms with Gasteiger partial charge >= 0.3 is 6.18 Å². The highest BCUT2D eigenvalue weighted by Gasteiger charge is 2.35. The third kappa shape index (κ3) is 3.59. The smallest absolute Gasteiger partial charge is 0.421 e. The number of aromatic nitrogens is 4. The molecule has 0 aliphatic rings. The molecule has 0 saturated heterocycles. The maximum Gasteiger partial charge on any atom is 0.435 e. The minimum absolute atomic E-state index is 0.0889. The first-order chi connectivity index (χ1) is 11.7. The number of ether oxygens (including phenoxy) is 1. The lowest BCUT2D eigenvalue weighted by Gasteiger charge is -2.08. The van der Waals surface area contributed by atoms with E-state index in [1.807, 2.05) is 0 Å². The summed E-state index contributed by atoms with van der Waals surface area (Å²) in [5.74, 6) is -0.161. The van der Waals surface area contributed by atoms with Crippen molar-refractivity contribution in [2.24, 2.45) is 7.05 Å². The van der Waals surface area contributed by atoms with Crippen LogP contribution >= 0.6 is 0 Å². The fourth-order valence-electron chi connectivity index (χ4n) is 2.05. The van der Waals surface area contributed by atoms with Crippen molar-refractivity contribution in [1.82, 2.24) is 19.7 Å². The molecule has 0 aliphatic carbocycles. The summed E-state index contributed by atoms with van der Waals surface area (Å²) in [7, 11) is 1.34. The normalized spacial score (nSPS) is 11.6. The molecule has 9 heteroatoms. The molecule has 5 nitrogen and oxygen atoms in total. The number of aryl methyl sites for hydroxylation is 2. The van der Waals surface area contributed by atoms with E-state index in [1.165, 1.54) is 37.5 Å². The first-order valence-corrected chi connectivity index (χ1v) is 7.13. The molecule has 0 amide bonds. The van der Waals surface area contributed by atoms with Gasteiger partial charge in [-0.15, -0.1) is 0 Å². The lowest BCUT2D eigenvalue weighted by atomic mass is 10.2. The Hall–Kier alpha value is -2.97. The zero-order chi connectivity index (χ0) is 18.2. The first kappa shape index (κ1) is 16.9. The van der Waals surface area contributed by atoms with Crippen LogP contribution in [0.2, 0.25) is 0 Å². The van der Waals surface area contributed by atoms with Crippen molar-refractivity contribution in [3.8, 4) is 23.1 Å². The van der Waals surface area contributed by atoms with Crippen molar-refractivity contribution < 1.29 is 22.3 Å². The van der Waals surface area contributed by atoms with E-state index in [2.05, 4.69) is 15.1 Å². The van der Waals surface area contributed by atoms with Crippen LogP contribution in [0.15, 0.2) is 36.5 Å². The highest BCUT2D eigenvalue weighted by molar-refractivity contribution is 5.55. The lowest BCUT2D eigenvalue weighted by molar-refractivity contribution is -0.141. The molecule has 0 atom stereocenters. The van der Waals surface area contributed by atoms with Gasteiger partial charge in [0.25, 0.3) is 0 Å². The van der Waals surface area contributed by atoms with Crippen LogP contribution in [0.1, 0.15) is 11.3 Å². The Morgan fingerprint density at radius 3 is 2.40 bits per heavy atom. The van der Waals surface area contributed by atoms with Crippen molar-refractivity contribution >= 4 is 0 Å². The summed E-state index contributed by atoms with van der Waals surface area (Å²) in [5.41, 5.74) is 0.0170. The van der Waals surface area contributed by atoms with Gasteiger partial charge in [-0.25, -0.2) is 14.1 Å². The number of rotatable bonds is 3. The summed E-state index contributed by atoms with van der Waals surface area (Å²) in [6.07, 6.45) is -3.10. The molecule has 130 valence electrons. The molecule has 0 fully saturated rings. The van der Waals surface area contributed by atoms with E-state index in [4.69, 9.17) is 4.74 Å². The molecule has 1 aromatic carbocycles. The maximum atomic E-state index is 13.0. The summed E-state index contributed by atoms with van der Waals surface area (Å²) >= 11 is 0. The van der Waals surface area contributed by atoms with E-state index in [0.29, 0.717) is 11.1 Å². The van der Waals surface area contributed by atoms with Gasteiger partial charge in [-0.1, -0.05) is 0 Å². The van der Waals surface area contributed by atoms with E-state index in [-0.39, 0.29) is 17.6 Å². The minimum Gasteiger partial charge on any atom is -0.421 e. The summed E-state index contributed by atoms with van der Waals surface area (Å²) in [4.78, 5) is 8.33. The number of halogens is 4. The average molecular weight is 352 g/mol. The molecule has 0 spiro atoms. The molecular formula is C16H12F4N4O. The molecule has 0 bridgehead atoms. The van der Waals surface area contributed by atoms with Crippen molar-refractivity contribution in [3.05, 3.63) is 53.6 Å². The highest BCUT2D eigenvalue weighted by atomic mass is 19.4. The third-order valence-electron chi connectivity index (χ3n) is 3.36. The van der Waals surface area contributed by atoms with Gasteiger partial charge in [-0.3, -0.25) is 0 Å². The summed E-state index contributed by atoms with van der Waals surface area (Å²) < 4.78 is 57.6. The Balaban J connectivity index is 1.94. The van der Waals surface area contributed by atoms with Crippen LogP contribution in [-0.2, 0) is 13.2 Å². The fraction of sp³-hybridized carbons (Fsp3) is 0.188. The van der Waals surface area contributed by atoms with Gasteiger partial charge in [0.2, 0.25) is 11.8 Å². The van der Waals surface area contributed by atoms with Crippen molar-refractivity contribution in [2.75, 3.05) is 0 Å². The number of nitrogens with zero attached hydrogens (tertiary/aromatic N) is 4. The molecule has 0 unspecified atom stereocenters. The molecule has 25 heavy (non-hydrogen) atoms. The van der Waals surface area contributed by atoms with Crippen LogP contribution in [0.3, 0.4) is 0 Å². The highest BCUT2D eigenvalue weighted by Crippen LogP contribution is 2.32. The van der Waals surface area contributed by atoms with Crippen LogP contribution in [0.5, 0.6) is 11.8 Å². The van der Waals surface area contributed by atoms with Crippen molar-refractivity contribution in [3.63, 3.8) is 0 Å². The Morgan fingerprint density at radius 1 is 1.12 bits per heavy atom. The zero-order valence-corrected chi connectivity index (χ0v) is 13.2. The minimum atomic E-state index is -4.57. The Labute approximate surface area is 139 Å². The predicted molar refractivity (Wildman–Crippen MR) is 80.4 cm³/mol. The maximum absolute atomic E-state index is 13.0. The molecule has 0 aliphatic heterocycles. The molecule has 2 aromatic heterocycles. The van der Waals surface area contributed by atoms with E-state index in [1.54, 1.807) is 6.92 Å². The van der Waals surface area contributed by atoms with Gasteiger partial charge in [0, 0.05) is 30.4 Å². The molecule has 3 rings (SSSR count). The molecule has 3 aromatic rings. The third-order valence-corrected chi connectivity index (χ3v) is 3.36. The quantitative estimate of drug-likeness (QED) is 0.665. The van der Waals surface area contributed by atoms with E-state index in [0.717, 1.165) is 10.7 Å². The van der Waals surface area contributed by atoms with Crippen LogP contribution in [-0.4, -0.2) is 19.7 Å². The van der Waals surface area contributed by atoms with Crippen molar-refractivity contribution in [2.45, 2.75) is 13.1 Å². The van der Waals surface area contributed by atoms with E-state index in [9.17, 15) is 17.6 Å². The van der Waals surface area contributed by atoms with Crippen LogP contribution in [0.25, 0.3) is 11.4 Å². The van der Waals surface area contributed by atoms with Gasteiger partial charge in [0.05, 0.1) is 0 Å². The van der Waals surface area contributed by atoms with Gasteiger partial charge in [-0.2, -0.15) is 23.3 Å². The second kappa shape index (κ2) is 6.15. The number of hydrogen-bond donors (Lipinski definition) is 0. The monoisotopic (exact) mass is 352 g/mol.